The number of hydrogen-bond donors (Lipinski definition) is 1. The summed E-state index contributed by atoms with van der Waals surface area (Å²) in [5, 5.41) is 2.99. The Morgan fingerprint density at radius 2 is 1.95 bits per heavy atom. The molecule has 1 aliphatic rings. The van der Waals surface area contributed by atoms with Gasteiger partial charge in [0.25, 0.3) is 5.91 Å². The maximum atomic E-state index is 13.0. The summed E-state index contributed by atoms with van der Waals surface area (Å²) in [5.74, 6) is -0.903. The minimum Gasteiger partial charge on any atom is -0.343 e. The number of hydrogen-bond acceptors (Lipinski definition) is 2. The van der Waals surface area contributed by atoms with Gasteiger partial charge in [-0.3, -0.25) is 4.79 Å². The van der Waals surface area contributed by atoms with Gasteiger partial charge in [-0.25, -0.2) is 4.98 Å². The van der Waals surface area contributed by atoms with E-state index < -0.39 is 5.95 Å². The van der Waals surface area contributed by atoms with Crippen molar-refractivity contribution in [3.63, 3.8) is 0 Å². The summed E-state index contributed by atoms with van der Waals surface area (Å²) in [6.07, 6.45) is 3.12. The normalized spacial score (nSPS) is 15.8. The van der Waals surface area contributed by atoms with Crippen molar-refractivity contribution in [2.45, 2.75) is 18.4 Å². The first-order valence-electron chi connectivity index (χ1n) is 6.19. The van der Waals surface area contributed by atoms with E-state index in [1.54, 1.807) is 0 Å². The van der Waals surface area contributed by atoms with Crippen molar-refractivity contribution in [3.8, 4) is 0 Å². The molecule has 4 heteroatoms. The van der Waals surface area contributed by atoms with Crippen LogP contribution in [-0.2, 0) is 5.54 Å². The van der Waals surface area contributed by atoms with Crippen LogP contribution < -0.4 is 5.32 Å². The van der Waals surface area contributed by atoms with Crippen molar-refractivity contribution >= 4 is 5.91 Å². The van der Waals surface area contributed by atoms with Gasteiger partial charge in [-0.2, -0.15) is 4.39 Å². The van der Waals surface area contributed by atoms with Gasteiger partial charge < -0.3 is 5.32 Å². The lowest BCUT2D eigenvalue weighted by atomic mass is 10.0. The van der Waals surface area contributed by atoms with E-state index in [1.807, 2.05) is 30.3 Å². The zero-order valence-electron chi connectivity index (χ0n) is 10.3. The molecule has 1 aromatic heterocycles. The summed E-state index contributed by atoms with van der Waals surface area (Å²) in [5.41, 5.74) is 1.12. The fraction of sp³-hybridized carbons (Fsp3) is 0.200. The minimum atomic E-state index is -0.641. The highest BCUT2D eigenvalue weighted by atomic mass is 19.1. The molecule has 1 heterocycles. The summed E-state index contributed by atoms with van der Waals surface area (Å²) in [6, 6.07) is 12.5. The monoisotopic (exact) mass is 256 g/mol. The Labute approximate surface area is 110 Å². The van der Waals surface area contributed by atoms with Gasteiger partial charge in [-0.05, 0) is 24.5 Å². The lowest BCUT2D eigenvalue weighted by Crippen LogP contribution is -2.34. The quantitative estimate of drug-likeness (QED) is 0.858. The third-order valence-electron chi connectivity index (χ3n) is 3.42. The Kier molecular flexibility index (Phi) is 2.78. The van der Waals surface area contributed by atoms with Gasteiger partial charge in [-0.15, -0.1) is 0 Å². The van der Waals surface area contributed by atoms with Crippen LogP contribution in [0.4, 0.5) is 4.39 Å². The predicted molar refractivity (Wildman–Crippen MR) is 69.0 cm³/mol. The molecule has 0 saturated heterocycles. The second kappa shape index (κ2) is 4.46. The number of benzene rings is 1. The van der Waals surface area contributed by atoms with Crippen LogP contribution in [0, 0.1) is 5.95 Å². The smallest absolute Gasteiger partial charge is 0.252 e. The van der Waals surface area contributed by atoms with Gasteiger partial charge in [-0.1, -0.05) is 30.3 Å². The summed E-state index contributed by atoms with van der Waals surface area (Å²) in [4.78, 5) is 15.6. The molecule has 1 aromatic carbocycles. The maximum Gasteiger partial charge on any atom is 0.252 e. The van der Waals surface area contributed by atoms with Crippen LogP contribution in [-0.4, -0.2) is 10.9 Å². The molecule has 1 fully saturated rings. The second-order valence-corrected chi connectivity index (χ2v) is 4.77. The Morgan fingerprint density at radius 1 is 1.21 bits per heavy atom. The van der Waals surface area contributed by atoms with Crippen molar-refractivity contribution < 1.29 is 9.18 Å². The van der Waals surface area contributed by atoms with Crippen LogP contribution >= 0.6 is 0 Å². The molecule has 1 aliphatic carbocycles. The van der Waals surface area contributed by atoms with Crippen LogP contribution in [0.2, 0.25) is 0 Å². The molecule has 0 aliphatic heterocycles. The fourth-order valence-electron chi connectivity index (χ4n) is 2.20. The molecule has 0 bridgehead atoms. The molecule has 0 atom stereocenters. The third kappa shape index (κ3) is 2.34. The number of aromatic nitrogens is 1. The van der Waals surface area contributed by atoms with Crippen LogP contribution in [0.25, 0.3) is 0 Å². The van der Waals surface area contributed by atoms with Crippen molar-refractivity contribution in [2.75, 3.05) is 0 Å². The molecule has 3 nitrogen and oxygen atoms in total. The molecule has 0 radical (unpaired) electrons. The number of amides is 1. The van der Waals surface area contributed by atoms with Crippen molar-refractivity contribution in [2.24, 2.45) is 0 Å². The number of halogens is 1. The molecular formula is C15H13FN2O. The second-order valence-electron chi connectivity index (χ2n) is 4.77. The molecule has 1 amide bonds. The summed E-state index contributed by atoms with van der Waals surface area (Å²) in [7, 11) is 0. The zero-order chi connectivity index (χ0) is 13.3. The highest BCUT2D eigenvalue weighted by Crippen LogP contribution is 2.45. The first-order valence-corrected chi connectivity index (χ1v) is 6.19. The largest absolute Gasteiger partial charge is 0.343 e. The Hall–Kier alpha value is -2.23. The average Bonchev–Trinajstić information content (AvgIpc) is 3.21. The molecule has 19 heavy (non-hydrogen) atoms. The molecule has 96 valence electrons. The summed E-state index contributed by atoms with van der Waals surface area (Å²) >= 11 is 0. The number of carbonyl (C=O) groups is 1. The van der Waals surface area contributed by atoms with E-state index in [2.05, 4.69) is 10.3 Å². The first kappa shape index (κ1) is 11.8. The topological polar surface area (TPSA) is 42.0 Å². The average molecular weight is 256 g/mol. The summed E-state index contributed by atoms with van der Waals surface area (Å²) < 4.78 is 13.0. The van der Waals surface area contributed by atoms with Crippen molar-refractivity contribution in [3.05, 3.63) is 65.7 Å². The third-order valence-corrected chi connectivity index (χ3v) is 3.42. The van der Waals surface area contributed by atoms with Crippen LogP contribution in [0.5, 0.6) is 0 Å². The van der Waals surface area contributed by atoms with Gasteiger partial charge in [0.2, 0.25) is 5.95 Å². The molecular weight excluding hydrogens is 243 g/mol. The molecule has 2 aromatic rings. The first-order chi connectivity index (χ1) is 9.20. The number of nitrogens with zero attached hydrogens (tertiary/aromatic N) is 1. The van der Waals surface area contributed by atoms with Crippen LogP contribution in [0.3, 0.4) is 0 Å². The minimum absolute atomic E-state index is 0.261. The Balaban J connectivity index is 1.81. The molecule has 3 rings (SSSR count). The van der Waals surface area contributed by atoms with Gasteiger partial charge in [0, 0.05) is 17.8 Å². The van der Waals surface area contributed by atoms with Crippen LogP contribution in [0.15, 0.2) is 48.7 Å². The van der Waals surface area contributed by atoms with E-state index >= 15 is 0 Å². The Bertz CT molecular complexity index is 609. The standard InChI is InChI=1S/C15H13FN2O/c16-13-10-11(6-9-17-13)14(19)18-15(7-8-15)12-4-2-1-3-5-12/h1-6,9-10H,7-8H2,(H,18,19). The van der Waals surface area contributed by atoms with Gasteiger partial charge >= 0.3 is 0 Å². The molecule has 0 spiro atoms. The number of pyridine rings is 1. The van der Waals surface area contributed by atoms with E-state index in [0.717, 1.165) is 24.5 Å². The van der Waals surface area contributed by atoms with Gasteiger partial charge in [0.1, 0.15) is 0 Å². The molecule has 0 unspecified atom stereocenters. The van der Waals surface area contributed by atoms with Gasteiger partial charge in [0.05, 0.1) is 5.54 Å². The lowest BCUT2D eigenvalue weighted by Gasteiger charge is -2.17. The number of carbonyl (C=O) groups excluding carboxylic acids is 1. The zero-order valence-corrected chi connectivity index (χ0v) is 10.3. The van der Waals surface area contributed by atoms with E-state index in [-0.39, 0.29) is 11.4 Å². The van der Waals surface area contributed by atoms with E-state index in [9.17, 15) is 9.18 Å². The van der Waals surface area contributed by atoms with Crippen molar-refractivity contribution in [1.29, 1.82) is 0 Å². The van der Waals surface area contributed by atoms with E-state index in [0.29, 0.717) is 5.56 Å². The van der Waals surface area contributed by atoms with E-state index in [1.165, 1.54) is 12.3 Å². The highest BCUT2D eigenvalue weighted by molar-refractivity contribution is 5.94. The molecule has 1 N–H and O–H groups in total. The lowest BCUT2D eigenvalue weighted by molar-refractivity contribution is 0.0930. The van der Waals surface area contributed by atoms with Crippen molar-refractivity contribution in [1.82, 2.24) is 10.3 Å². The fourth-order valence-corrected chi connectivity index (χ4v) is 2.20. The Morgan fingerprint density at radius 3 is 2.58 bits per heavy atom. The number of nitrogens with one attached hydrogen (secondary N) is 1. The highest BCUT2D eigenvalue weighted by Gasteiger charge is 2.45. The SMILES string of the molecule is O=C(NC1(c2ccccc2)CC1)c1ccnc(F)c1. The molecule has 1 saturated carbocycles. The van der Waals surface area contributed by atoms with Gasteiger partial charge in [0.15, 0.2) is 0 Å². The van der Waals surface area contributed by atoms with Crippen LogP contribution in [0.1, 0.15) is 28.8 Å². The summed E-state index contributed by atoms with van der Waals surface area (Å²) in [6.45, 7) is 0. The predicted octanol–water partition coefficient (Wildman–Crippen LogP) is 2.64. The maximum absolute atomic E-state index is 13.0. The van der Waals surface area contributed by atoms with E-state index in [4.69, 9.17) is 0 Å². The number of rotatable bonds is 3.